The lowest BCUT2D eigenvalue weighted by atomic mass is 9.93. The number of hydrogen-bond acceptors (Lipinski definition) is 3. The van der Waals surface area contributed by atoms with Gasteiger partial charge in [-0.3, -0.25) is 4.98 Å². The van der Waals surface area contributed by atoms with Crippen molar-refractivity contribution in [1.82, 2.24) is 4.98 Å². The minimum atomic E-state index is 0.960. The van der Waals surface area contributed by atoms with E-state index in [4.69, 9.17) is 0 Å². The Morgan fingerprint density at radius 2 is 0.578 bits per heavy atom. The molecule has 0 saturated heterocycles. The number of anilines is 6. The van der Waals surface area contributed by atoms with E-state index < -0.39 is 0 Å². The number of benzene rings is 12. The van der Waals surface area contributed by atoms with Gasteiger partial charge in [0.15, 0.2) is 0 Å². The van der Waals surface area contributed by atoms with Crippen LogP contribution in [-0.2, 0) is 0 Å². The van der Waals surface area contributed by atoms with Crippen molar-refractivity contribution in [2.24, 2.45) is 0 Å². The lowest BCUT2D eigenvalue weighted by molar-refractivity contribution is 1.28. The third kappa shape index (κ3) is 5.94. The summed E-state index contributed by atoms with van der Waals surface area (Å²) >= 11 is 0. The minimum absolute atomic E-state index is 0.960. The molecule has 1 heterocycles. The van der Waals surface area contributed by atoms with Crippen LogP contribution in [0.25, 0.3) is 87.0 Å². The van der Waals surface area contributed by atoms with Gasteiger partial charge in [0, 0.05) is 45.9 Å². The molecule has 3 nitrogen and oxygen atoms in total. The maximum atomic E-state index is 4.61. The largest absolute Gasteiger partial charge is 0.310 e. The molecule has 0 aliphatic heterocycles. The van der Waals surface area contributed by atoms with Crippen molar-refractivity contribution in [3.63, 3.8) is 0 Å². The molecule has 0 bridgehead atoms. The van der Waals surface area contributed by atoms with Crippen molar-refractivity contribution >= 4 is 98.8 Å². The normalized spacial score (nSPS) is 11.8. The molecule has 0 aliphatic carbocycles. The molecule has 0 unspecified atom stereocenters. The summed E-state index contributed by atoms with van der Waals surface area (Å²) in [5.74, 6) is 0. The lowest BCUT2D eigenvalue weighted by Crippen LogP contribution is -2.10. The van der Waals surface area contributed by atoms with Crippen LogP contribution in [0.1, 0.15) is 0 Å². The van der Waals surface area contributed by atoms with Crippen molar-refractivity contribution in [2.75, 3.05) is 9.80 Å². The molecule has 0 atom stereocenters. The molecular formula is C61H39N3. The van der Waals surface area contributed by atoms with Crippen molar-refractivity contribution in [2.45, 2.75) is 0 Å². The fourth-order valence-corrected chi connectivity index (χ4v) is 10.1. The molecule has 3 heteroatoms. The molecule has 0 N–H and O–H groups in total. The maximum Gasteiger partial charge on any atom is 0.0701 e. The van der Waals surface area contributed by atoms with Gasteiger partial charge in [-0.2, -0.15) is 0 Å². The summed E-state index contributed by atoms with van der Waals surface area (Å²) in [6.07, 6.45) is 1.85. The molecular weight excluding hydrogens is 775 g/mol. The first-order valence-electron chi connectivity index (χ1n) is 21.9. The Bertz CT molecular complexity index is 3680. The van der Waals surface area contributed by atoms with Crippen LogP contribution < -0.4 is 9.80 Å². The molecule has 1 aromatic heterocycles. The highest BCUT2D eigenvalue weighted by atomic mass is 15.1. The van der Waals surface area contributed by atoms with Gasteiger partial charge >= 0.3 is 0 Å². The van der Waals surface area contributed by atoms with Gasteiger partial charge in [-0.15, -0.1) is 0 Å². The Labute approximate surface area is 371 Å². The quantitative estimate of drug-likeness (QED) is 0.142. The van der Waals surface area contributed by atoms with E-state index in [1.807, 2.05) is 18.3 Å². The zero-order chi connectivity index (χ0) is 42.1. The predicted octanol–water partition coefficient (Wildman–Crippen LogP) is 17.1. The highest BCUT2D eigenvalue weighted by Gasteiger charge is 2.19. The van der Waals surface area contributed by atoms with Gasteiger partial charge in [0.1, 0.15) is 0 Å². The molecule has 298 valence electrons. The number of aromatic nitrogens is 1. The topological polar surface area (TPSA) is 19.4 Å². The zero-order valence-electron chi connectivity index (χ0n) is 34.9. The van der Waals surface area contributed by atoms with Crippen molar-refractivity contribution in [1.29, 1.82) is 0 Å². The van der Waals surface area contributed by atoms with Gasteiger partial charge in [-0.25, -0.2) is 0 Å². The van der Waals surface area contributed by atoms with Crippen LogP contribution in [-0.4, -0.2) is 4.98 Å². The number of rotatable bonds is 8. The van der Waals surface area contributed by atoms with Crippen LogP contribution >= 0.6 is 0 Å². The molecule has 13 rings (SSSR count). The first kappa shape index (κ1) is 36.2. The standard InChI is InChI=1S/C61H39N3/c1-2-12-51(13-3-1)63(55-36-47-19-15-43-8-6-9-44-16-20-48(37-55)60(47)58(43)44)52-29-23-40(24-30-52)41-25-31-53(32-26-41)64(54-33-27-42(28-34-54)57-14-4-5-35-62-57)56-38-49-21-17-45-10-7-11-46-18-22-50(39-56)61(49)59(45)46/h1-39H. The summed E-state index contributed by atoms with van der Waals surface area (Å²) < 4.78 is 0. The smallest absolute Gasteiger partial charge is 0.0701 e. The Morgan fingerprint density at radius 1 is 0.234 bits per heavy atom. The molecule has 0 saturated carbocycles. The van der Waals surface area contributed by atoms with Crippen LogP contribution in [0.4, 0.5) is 34.1 Å². The van der Waals surface area contributed by atoms with Crippen molar-refractivity contribution < 1.29 is 0 Å². The van der Waals surface area contributed by atoms with Crippen LogP contribution in [0.3, 0.4) is 0 Å². The first-order valence-corrected chi connectivity index (χ1v) is 21.9. The first-order chi connectivity index (χ1) is 31.7. The third-order valence-corrected chi connectivity index (χ3v) is 13.1. The van der Waals surface area contributed by atoms with Crippen LogP contribution in [0, 0.1) is 0 Å². The van der Waals surface area contributed by atoms with E-state index in [-0.39, 0.29) is 0 Å². The molecule has 12 aromatic carbocycles. The van der Waals surface area contributed by atoms with Gasteiger partial charge in [0.25, 0.3) is 0 Å². The Balaban J connectivity index is 0.878. The molecule has 0 fully saturated rings. The van der Waals surface area contributed by atoms with E-state index in [0.29, 0.717) is 0 Å². The number of pyridine rings is 1. The average Bonchev–Trinajstić information content (AvgIpc) is 3.36. The number of nitrogens with zero attached hydrogens (tertiary/aromatic N) is 3. The fourth-order valence-electron chi connectivity index (χ4n) is 10.1. The monoisotopic (exact) mass is 813 g/mol. The second-order valence-corrected chi connectivity index (χ2v) is 16.8. The summed E-state index contributed by atoms with van der Waals surface area (Å²) in [7, 11) is 0. The van der Waals surface area contributed by atoms with E-state index >= 15 is 0 Å². The SMILES string of the molecule is c1ccc(N(c2ccc(-c3ccc(N(c4ccc(-c5ccccn5)cc4)c4cc5ccc6cccc7ccc(c4)c5c67)cc3)cc2)c2cc3ccc4cccc5ccc(c2)c3c45)cc1. The van der Waals surface area contributed by atoms with Gasteiger partial charge < -0.3 is 9.80 Å². The second-order valence-electron chi connectivity index (χ2n) is 16.8. The molecule has 0 radical (unpaired) electrons. The van der Waals surface area contributed by atoms with Gasteiger partial charge in [0.2, 0.25) is 0 Å². The number of para-hydroxylation sites is 1. The van der Waals surface area contributed by atoms with E-state index in [1.54, 1.807) is 0 Å². The van der Waals surface area contributed by atoms with Crippen LogP contribution in [0.2, 0.25) is 0 Å². The zero-order valence-corrected chi connectivity index (χ0v) is 34.9. The maximum absolute atomic E-state index is 4.61. The lowest BCUT2D eigenvalue weighted by Gasteiger charge is -2.27. The van der Waals surface area contributed by atoms with E-state index in [9.17, 15) is 0 Å². The van der Waals surface area contributed by atoms with Gasteiger partial charge in [-0.05, 0) is 161 Å². The Kier molecular flexibility index (Phi) is 8.22. The van der Waals surface area contributed by atoms with E-state index in [2.05, 4.69) is 233 Å². The average molecular weight is 814 g/mol. The van der Waals surface area contributed by atoms with E-state index in [1.165, 1.54) is 64.6 Å². The van der Waals surface area contributed by atoms with Gasteiger partial charge in [-0.1, -0.05) is 146 Å². The van der Waals surface area contributed by atoms with Crippen molar-refractivity contribution in [3.8, 4) is 22.4 Å². The van der Waals surface area contributed by atoms with E-state index in [0.717, 1.165) is 56.5 Å². The Hall–Kier alpha value is -8.53. The summed E-state index contributed by atoms with van der Waals surface area (Å²) in [4.78, 5) is 9.35. The fraction of sp³-hybridized carbons (Fsp3) is 0. The molecule has 0 aliphatic rings. The van der Waals surface area contributed by atoms with Crippen LogP contribution in [0.15, 0.2) is 237 Å². The summed E-state index contributed by atoms with van der Waals surface area (Å²) in [5.41, 5.74) is 11.0. The molecule has 13 aromatic rings. The highest BCUT2D eigenvalue weighted by Crippen LogP contribution is 2.44. The molecule has 64 heavy (non-hydrogen) atoms. The van der Waals surface area contributed by atoms with Crippen molar-refractivity contribution in [3.05, 3.63) is 237 Å². The predicted molar refractivity (Wildman–Crippen MR) is 272 cm³/mol. The molecule has 0 spiro atoms. The molecule has 0 amide bonds. The van der Waals surface area contributed by atoms with Crippen LogP contribution in [0.5, 0.6) is 0 Å². The summed E-state index contributed by atoms with van der Waals surface area (Å²) in [6, 6.07) is 84.1. The highest BCUT2D eigenvalue weighted by molar-refractivity contribution is 6.25. The second kappa shape index (κ2) is 14.5. The third-order valence-electron chi connectivity index (χ3n) is 13.1. The minimum Gasteiger partial charge on any atom is -0.310 e. The summed E-state index contributed by atoms with van der Waals surface area (Å²) in [6.45, 7) is 0. The van der Waals surface area contributed by atoms with Gasteiger partial charge in [0.05, 0.1) is 5.69 Å². The Morgan fingerprint density at radius 3 is 0.969 bits per heavy atom. The summed E-state index contributed by atoms with van der Waals surface area (Å²) in [5, 5.41) is 15.4. The number of hydrogen-bond donors (Lipinski definition) is 0.